The second kappa shape index (κ2) is 12.2. The van der Waals surface area contributed by atoms with Gasteiger partial charge < -0.3 is 9.88 Å². The van der Waals surface area contributed by atoms with Crippen LogP contribution in [0, 0.1) is 0 Å². The van der Waals surface area contributed by atoms with Crippen LogP contribution in [0.3, 0.4) is 0 Å². The molecule has 0 radical (unpaired) electrons. The molecule has 5 aromatic rings. The minimum atomic E-state index is -0.0800. The predicted octanol–water partition coefficient (Wildman–Crippen LogP) is 6.05. The van der Waals surface area contributed by atoms with Gasteiger partial charge in [0.15, 0.2) is 0 Å². The van der Waals surface area contributed by atoms with Crippen LogP contribution in [-0.2, 0) is 16.1 Å². The summed E-state index contributed by atoms with van der Waals surface area (Å²) in [4.78, 5) is 33.7. The van der Waals surface area contributed by atoms with Gasteiger partial charge in [0.05, 0.1) is 23.4 Å². The van der Waals surface area contributed by atoms with Crippen molar-refractivity contribution in [3.8, 4) is 11.1 Å². The molecule has 0 aliphatic heterocycles. The van der Waals surface area contributed by atoms with Crippen molar-refractivity contribution in [3.05, 3.63) is 126 Å². The molecule has 6 nitrogen and oxygen atoms in total. The van der Waals surface area contributed by atoms with Crippen molar-refractivity contribution in [2.24, 2.45) is 0 Å². The zero-order valence-electron chi connectivity index (χ0n) is 20.5. The van der Waals surface area contributed by atoms with Crippen LogP contribution in [-0.4, -0.2) is 21.6 Å². The lowest BCUT2D eigenvalue weighted by Gasteiger charge is -2.17. The summed E-state index contributed by atoms with van der Waals surface area (Å²) in [6, 6.07) is 34.8. The molecule has 0 aliphatic rings. The number of rotatable bonds is 7. The third-order valence-corrected chi connectivity index (χ3v) is 6.21. The molecule has 5 rings (SSSR count). The minimum Gasteiger partial charge on any atom is -0.345 e. The van der Waals surface area contributed by atoms with Gasteiger partial charge in [0.2, 0.25) is 0 Å². The van der Waals surface area contributed by atoms with E-state index >= 15 is 0 Å². The molecule has 1 atom stereocenters. The Kier molecular flexibility index (Phi) is 8.37. The van der Waals surface area contributed by atoms with E-state index in [1.165, 1.54) is 16.7 Å². The maximum absolute atomic E-state index is 12.9. The van der Waals surface area contributed by atoms with Crippen molar-refractivity contribution >= 4 is 23.1 Å². The topological polar surface area (TPSA) is 81.1 Å². The maximum atomic E-state index is 12.9. The molecule has 1 N–H and O–H groups in total. The third kappa shape index (κ3) is 6.26. The summed E-state index contributed by atoms with van der Waals surface area (Å²) in [6.45, 7) is 2.80. The fourth-order valence-electron chi connectivity index (χ4n) is 4.31. The quantitative estimate of drug-likeness (QED) is 0.302. The number of hydrogen-bond acceptors (Lipinski definition) is 4. The molecule has 0 spiro atoms. The lowest BCUT2D eigenvalue weighted by Crippen LogP contribution is -2.28. The Labute approximate surface area is 215 Å². The molecule has 1 heterocycles. The molecule has 0 saturated heterocycles. The van der Waals surface area contributed by atoms with E-state index in [2.05, 4.69) is 70.3 Å². The largest absolute Gasteiger partial charge is 0.373 e. The molecule has 0 bridgehead atoms. The van der Waals surface area contributed by atoms with E-state index in [1.807, 2.05) is 60.9 Å². The fraction of sp³-hybridized carbons (Fsp3) is 0.129. The summed E-state index contributed by atoms with van der Waals surface area (Å²) < 4.78 is 2.12. The van der Waals surface area contributed by atoms with Gasteiger partial charge >= 0.3 is 6.15 Å². The smallest absolute Gasteiger partial charge is 0.345 e. The van der Waals surface area contributed by atoms with Crippen LogP contribution < -0.4 is 5.32 Å². The summed E-state index contributed by atoms with van der Waals surface area (Å²) in [5, 5.41) is 3.16. The molecule has 0 saturated carbocycles. The number of nitrogens with one attached hydrogen (secondary N) is 1. The average molecular weight is 490 g/mol. The van der Waals surface area contributed by atoms with Crippen LogP contribution in [0.25, 0.3) is 22.2 Å². The Morgan fingerprint density at radius 1 is 0.865 bits per heavy atom. The minimum absolute atomic E-state index is 0.0131. The molecule has 1 amide bonds. The lowest BCUT2D eigenvalue weighted by molar-refractivity contribution is -0.191. The van der Waals surface area contributed by atoms with Gasteiger partial charge in [-0.1, -0.05) is 91.9 Å². The van der Waals surface area contributed by atoms with E-state index in [9.17, 15) is 4.79 Å². The molecule has 6 heteroatoms. The number of amides is 1. The van der Waals surface area contributed by atoms with Gasteiger partial charge in [-0.25, -0.2) is 4.98 Å². The molecule has 0 fully saturated rings. The molecule has 0 aliphatic carbocycles. The first kappa shape index (κ1) is 25.3. The lowest BCUT2D eigenvalue weighted by atomic mass is 10.0. The highest BCUT2D eigenvalue weighted by molar-refractivity contribution is 5.97. The normalized spacial score (nSPS) is 11.2. The summed E-state index contributed by atoms with van der Waals surface area (Å²) in [6.07, 6.45) is 2.92. The van der Waals surface area contributed by atoms with Gasteiger partial charge in [-0.15, -0.1) is 0 Å². The van der Waals surface area contributed by atoms with E-state index in [1.54, 1.807) is 0 Å². The fourth-order valence-corrected chi connectivity index (χ4v) is 4.31. The number of carbonyl (C=O) groups is 1. The van der Waals surface area contributed by atoms with Crippen LogP contribution in [0.5, 0.6) is 0 Å². The summed E-state index contributed by atoms with van der Waals surface area (Å²) in [7, 11) is 0. The van der Waals surface area contributed by atoms with E-state index in [0.29, 0.717) is 5.56 Å². The Morgan fingerprint density at radius 2 is 1.49 bits per heavy atom. The number of aromatic nitrogens is 2. The monoisotopic (exact) mass is 489 g/mol. The van der Waals surface area contributed by atoms with Crippen LogP contribution in [0.2, 0.25) is 0 Å². The van der Waals surface area contributed by atoms with Crippen molar-refractivity contribution in [2.45, 2.75) is 25.9 Å². The molecular weight excluding hydrogens is 462 g/mol. The number of nitrogens with zero attached hydrogens (tertiary/aromatic N) is 2. The van der Waals surface area contributed by atoms with Crippen LogP contribution in [0.4, 0.5) is 0 Å². The summed E-state index contributed by atoms with van der Waals surface area (Å²) in [5.41, 5.74) is 7.19. The molecule has 37 heavy (non-hydrogen) atoms. The van der Waals surface area contributed by atoms with Gasteiger partial charge in [-0.2, -0.15) is 9.59 Å². The first-order chi connectivity index (χ1) is 18.1. The van der Waals surface area contributed by atoms with Gasteiger partial charge in [-0.3, -0.25) is 4.79 Å². The average Bonchev–Trinajstić information content (AvgIpc) is 3.35. The SMILES string of the molecule is CCC(NC(=O)c1ccc2c(c1)ncn2Cc1ccc(-c2ccccc2)cc1)c1ccccc1.O=C=O. The zero-order chi connectivity index (χ0) is 26.0. The van der Waals surface area contributed by atoms with Crippen molar-refractivity contribution < 1.29 is 14.4 Å². The first-order valence-electron chi connectivity index (χ1n) is 12.1. The second-order valence-corrected chi connectivity index (χ2v) is 8.57. The van der Waals surface area contributed by atoms with E-state index < -0.39 is 0 Å². The Bertz CT molecular complexity index is 1490. The molecule has 184 valence electrons. The Balaban J connectivity index is 0.00000102. The highest BCUT2D eigenvalue weighted by Crippen LogP contribution is 2.22. The van der Waals surface area contributed by atoms with Gasteiger partial charge in [0.25, 0.3) is 5.91 Å². The number of carbonyl (C=O) groups excluding carboxylic acids is 3. The maximum Gasteiger partial charge on any atom is 0.373 e. The summed E-state index contributed by atoms with van der Waals surface area (Å²) in [5.74, 6) is -0.0800. The van der Waals surface area contributed by atoms with Crippen LogP contribution in [0.15, 0.2) is 109 Å². The van der Waals surface area contributed by atoms with Crippen molar-refractivity contribution in [1.82, 2.24) is 14.9 Å². The molecule has 4 aromatic carbocycles. The van der Waals surface area contributed by atoms with Crippen LogP contribution in [0.1, 0.15) is 40.9 Å². The Morgan fingerprint density at radius 3 is 2.14 bits per heavy atom. The van der Waals surface area contributed by atoms with Crippen molar-refractivity contribution in [3.63, 3.8) is 0 Å². The van der Waals surface area contributed by atoms with E-state index in [-0.39, 0.29) is 18.1 Å². The van der Waals surface area contributed by atoms with Gasteiger partial charge in [0, 0.05) is 12.1 Å². The highest BCUT2D eigenvalue weighted by atomic mass is 16.2. The number of fused-ring (bicyclic) bond motifs is 1. The summed E-state index contributed by atoms with van der Waals surface area (Å²) >= 11 is 0. The number of benzene rings is 4. The van der Waals surface area contributed by atoms with Crippen molar-refractivity contribution in [2.75, 3.05) is 0 Å². The molecular formula is C31H27N3O3. The Hall–Kier alpha value is -4.80. The highest BCUT2D eigenvalue weighted by Gasteiger charge is 2.15. The number of imidazole rings is 1. The molecule has 1 aromatic heterocycles. The standard InChI is InChI=1S/C30H27N3O.CO2/c1-2-27(25-11-7-4-8-12-25)32-30(34)26-17-18-29-28(19-26)31-21-33(29)20-22-13-15-24(16-14-22)23-9-5-3-6-10-23;2-1-3/h3-19,21,27H,2,20H2,1H3,(H,32,34);. The number of hydrogen-bond donors (Lipinski definition) is 1. The first-order valence-corrected chi connectivity index (χ1v) is 12.1. The van der Waals surface area contributed by atoms with Crippen LogP contribution >= 0.6 is 0 Å². The van der Waals surface area contributed by atoms with Gasteiger partial charge in [-0.05, 0) is 46.9 Å². The second-order valence-electron chi connectivity index (χ2n) is 8.57. The van der Waals surface area contributed by atoms with E-state index in [0.717, 1.165) is 29.6 Å². The molecule has 1 unspecified atom stereocenters. The van der Waals surface area contributed by atoms with Gasteiger partial charge in [0.1, 0.15) is 0 Å². The van der Waals surface area contributed by atoms with Crippen molar-refractivity contribution in [1.29, 1.82) is 0 Å². The zero-order valence-corrected chi connectivity index (χ0v) is 20.5. The predicted molar refractivity (Wildman–Crippen MR) is 143 cm³/mol. The van der Waals surface area contributed by atoms with E-state index in [4.69, 9.17) is 9.59 Å². The third-order valence-electron chi connectivity index (χ3n) is 6.21.